The molecule has 2 nitrogen and oxygen atoms in total. The summed E-state index contributed by atoms with van der Waals surface area (Å²) in [4.78, 5) is 1.25. The molecule has 0 saturated heterocycles. The van der Waals surface area contributed by atoms with Crippen LogP contribution in [0.5, 0.6) is 0 Å². The van der Waals surface area contributed by atoms with Crippen LogP contribution in [0.25, 0.3) is 0 Å². The van der Waals surface area contributed by atoms with E-state index in [4.69, 9.17) is 11.5 Å². The highest BCUT2D eigenvalue weighted by molar-refractivity contribution is 9.10. The van der Waals surface area contributed by atoms with Gasteiger partial charge < -0.3 is 11.5 Å². The highest BCUT2D eigenvalue weighted by atomic mass is 79.9. The summed E-state index contributed by atoms with van der Waals surface area (Å²) < 4.78 is 1.14. The van der Waals surface area contributed by atoms with E-state index in [0.29, 0.717) is 0 Å². The van der Waals surface area contributed by atoms with Crippen molar-refractivity contribution in [2.75, 3.05) is 6.54 Å². The molecule has 0 saturated carbocycles. The summed E-state index contributed by atoms with van der Waals surface area (Å²) in [6.45, 7) is 0.762. The summed E-state index contributed by atoms with van der Waals surface area (Å²) in [5, 5.41) is 2.06. The average molecular weight is 263 g/mol. The zero-order valence-electron chi connectivity index (χ0n) is 7.50. The fraction of sp³-hybridized carbons (Fsp3) is 0.556. The molecule has 1 atom stereocenters. The molecule has 13 heavy (non-hydrogen) atoms. The van der Waals surface area contributed by atoms with Crippen molar-refractivity contribution in [1.29, 1.82) is 0 Å². The van der Waals surface area contributed by atoms with E-state index in [-0.39, 0.29) is 6.04 Å². The zero-order valence-corrected chi connectivity index (χ0v) is 9.90. The number of rotatable bonds is 5. The minimum absolute atomic E-state index is 0.168. The van der Waals surface area contributed by atoms with Gasteiger partial charge in [-0.1, -0.05) is 6.42 Å². The summed E-state index contributed by atoms with van der Waals surface area (Å²) in [6, 6.07) is 2.21. The molecule has 0 aromatic carbocycles. The molecule has 1 rings (SSSR count). The lowest BCUT2D eigenvalue weighted by molar-refractivity contribution is 0.596. The Morgan fingerprint density at radius 2 is 2.23 bits per heavy atom. The monoisotopic (exact) mass is 262 g/mol. The predicted octanol–water partition coefficient (Wildman–Crippen LogP) is 2.64. The normalized spacial score (nSPS) is 13.2. The lowest BCUT2D eigenvalue weighted by atomic mass is 10.1. The maximum atomic E-state index is 6.02. The maximum absolute atomic E-state index is 6.02. The fourth-order valence-electron chi connectivity index (χ4n) is 1.21. The van der Waals surface area contributed by atoms with Crippen molar-refractivity contribution in [3.63, 3.8) is 0 Å². The van der Waals surface area contributed by atoms with Crippen LogP contribution in [0.1, 0.15) is 30.2 Å². The van der Waals surface area contributed by atoms with Crippen molar-refractivity contribution in [2.24, 2.45) is 11.5 Å². The van der Waals surface area contributed by atoms with E-state index >= 15 is 0 Å². The molecule has 1 aromatic rings. The Morgan fingerprint density at radius 3 is 2.77 bits per heavy atom. The van der Waals surface area contributed by atoms with Gasteiger partial charge in [0, 0.05) is 15.4 Å². The molecular formula is C9H15BrN2S. The predicted molar refractivity (Wildman–Crippen MR) is 61.9 cm³/mol. The molecule has 74 valence electrons. The smallest absolute Gasteiger partial charge is 0.0401 e. The Bertz CT molecular complexity index is 250. The summed E-state index contributed by atoms with van der Waals surface area (Å²) >= 11 is 5.19. The second-order valence-electron chi connectivity index (χ2n) is 3.02. The van der Waals surface area contributed by atoms with Crippen LogP contribution in [0.3, 0.4) is 0 Å². The van der Waals surface area contributed by atoms with Crippen molar-refractivity contribution in [3.05, 3.63) is 20.8 Å². The van der Waals surface area contributed by atoms with Gasteiger partial charge in [-0.05, 0) is 46.8 Å². The Balaban J connectivity index is 2.39. The second-order valence-corrected chi connectivity index (χ2v) is 4.83. The Kier molecular flexibility index (Phi) is 4.94. The number of hydrogen-bond donors (Lipinski definition) is 2. The maximum Gasteiger partial charge on any atom is 0.0401 e. The highest BCUT2D eigenvalue weighted by Gasteiger charge is 2.10. The van der Waals surface area contributed by atoms with Gasteiger partial charge >= 0.3 is 0 Å². The van der Waals surface area contributed by atoms with Gasteiger partial charge in [0.05, 0.1) is 0 Å². The molecule has 0 aliphatic carbocycles. The third-order valence-corrected chi connectivity index (χ3v) is 3.95. The number of nitrogens with two attached hydrogens (primary N) is 2. The number of unbranched alkanes of at least 4 members (excludes halogenated alkanes) is 1. The molecule has 0 aliphatic rings. The molecule has 0 unspecified atom stereocenters. The van der Waals surface area contributed by atoms with E-state index in [1.807, 2.05) is 6.07 Å². The number of hydrogen-bond acceptors (Lipinski definition) is 3. The minimum atomic E-state index is 0.168. The van der Waals surface area contributed by atoms with Gasteiger partial charge in [-0.15, -0.1) is 11.3 Å². The topological polar surface area (TPSA) is 52.0 Å². The van der Waals surface area contributed by atoms with E-state index < -0.39 is 0 Å². The van der Waals surface area contributed by atoms with Crippen LogP contribution in [0.4, 0.5) is 0 Å². The molecule has 0 radical (unpaired) electrons. The largest absolute Gasteiger partial charge is 0.330 e. The van der Waals surface area contributed by atoms with Crippen LogP contribution in [0.15, 0.2) is 15.9 Å². The summed E-state index contributed by atoms with van der Waals surface area (Å²) in [7, 11) is 0. The van der Waals surface area contributed by atoms with Gasteiger partial charge in [-0.3, -0.25) is 0 Å². The molecule has 1 aromatic heterocycles. The first-order chi connectivity index (χ1) is 6.25. The third-order valence-electron chi connectivity index (χ3n) is 1.95. The SMILES string of the molecule is NCCCC[C@H](N)c1sccc1Br. The van der Waals surface area contributed by atoms with E-state index in [1.54, 1.807) is 11.3 Å². The molecule has 0 spiro atoms. The van der Waals surface area contributed by atoms with Gasteiger partial charge in [0.25, 0.3) is 0 Å². The van der Waals surface area contributed by atoms with Crippen LogP contribution in [-0.2, 0) is 0 Å². The lowest BCUT2D eigenvalue weighted by Crippen LogP contribution is -2.09. The fourth-order valence-corrected chi connectivity index (χ4v) is 2.92. The molecule has 4 N–H and O–H groups in total. The Labute approximate surface area is 91.4 Å². The van der Waals surface area contributed by atoms with Crippen molar-refractivity contribution < 1.29 is 0 Å². The van der Waals surface area contributed by atoms with E-state index in [9.17, 15) is 0 Å². The van der Waals surface area contributed by atoms with Crippen LogP contribution in [0.2, 0.25) is 0 Å². The van der Waals surface area contributed by atoms with Crippen LogP contribution in [-0.4, -0.2) is 6.54 Å². The van der Waals surface area contributed by atoms with Crippen molar-refractivity contribution in [3.8, 4) is 0 Å². The van der Waals surface area contributed by atoms with Crippen LogP contribution < -0.4 is 11.5 Å². The number of halogens is 1. The molecular weight excluding hydrogens is 248 g/mol. The Morgan fingerprint density at radius 1 is 1.46 bits per heavy atom. The second kappa shape index (κ2) is 5.75. The first-order valence-electron chi connectivity index (χ1n) is 4.44. The molecule has 0 amide bonds. The van der Waals surface area contributed by atoms with E-state index in [0.717, 1.165) is 30.3 Å². The van der Waals surface area contributed by atoms with Gasteiger partial charge in [0.1, 0.15) is 0 Å². The zero-order chi connectivity index (χ0) is 9.68. The molecule has 4 heteroatoms. The van der Waals surface area contributed by atoms with E-state index in [1.165, 1.54) is 4.88 Å². The summed E-state index contributed by atoms with van der Waals surface area (Å²) in [6.07, 6.45) is 3.20. The minimum Gasteiger partial charge on any atom is -0.330 e. The standard InChI is InChI=1S/C9H15BrN2S/c10-7-4-6-13-9(7)8(12)3-1-2-5-11/h4,6,8H,1-3,5,11-12H2/t8-/m0/s1. The van der Waals surface area contributed by atoms with Crippen LogP contribution >= 0.6 is 27.3 Å². The van der Waals surface area contributed by atoms with Gasteiger partial charge in [-0.2, -0.15) is 0 Å². The van der Waals surface area contributed by atoms with Gasteiger partial charge in [-0.25, -0.2) is 0 Å². The average Bonchev–Trinajstić information content (AvgIpc) is 2.52. The van der Waals surface area contributed by atoms with Crippen molar-refractivity contribution in [2.45, 2.75) is 25.3 Å². The Hall–Kier alpha value is 0.100. The van der Waals surface area contributed by atoms with Gasteiger partial charge in [0.2, 0.25) is 0 Å². The number of thiophene rings is 1. The van der Waals surface area contributed by atoms with Gasteiger partial charge in [0.15, 0.2) is 0 Å². The summed E-state index contributed by atoms with van der Waals surface area (Å²) in [5.41, 5.74) is 11.4. The van der Waals surface area contributed by atoms with E-state index in [2.05, 4.69) is 21.3 Å². The van der Waals surface area contributed by atoms with Crippen molar-refractivity contribution >= 4 is 27.3 Å². The summed E-state index contributed by atoms with van der Waals surface area (Å²) in [5.74, 6) is 0. The van der Waals surface area contributed by atoms with Crippen LogP contribution in [0, 0.1) is 0 Å². The third kappa shape index (κ3) is 3.38. The first kappa shape index (κ1) is 11.2. The first-order valence-corrected chi connectivity index (χ1v) is 6.11. The highest BCUT2D eigenvalue weighted by Crippen LogP contribution is 2.30. The molecule has 1 heterocycles. The molecule has 0 bridgehead atoms. The lowest BCUT2D eigenvalue weighted by Gasteiger charge is -2.09. The quantitative estimate of drug-likeness (QED) is 0.802. The molecule has 0 fully saturated rings. The molecule has 0 aliphatic heterocycles. The van der Waals surface area contributed by atoms with Crippen molar-refractivity contribution in [1.82, 2.24) is 0 Å².